The first-order valence-electron chi connectivity index (χ1n) is 4.98. The maximum absolute atomic E-state index is 3.66. The quantitative estimate of drug-likeness (QED) is 0.715. The summed E-state index contributed by atoms with van der Waals surface area (Å²) in [7, 11) is 0. The molecule has 0 heterocycles. The van der Waals surface area contributed by atoms with Crippen LogP contribution in [0.2, 0.25) is 0 Å². The summed E-state index contributed by atoms with van der Waals surface area (Å²) < 4.78 is 1.31. The van der Waals surface area contributed by atoms with E-state index in [0.29, 0.717) is 5.92 Å². The molecule has 1 aromatic carbocycles. The van der Waals surface area contributed by atoms with Crippen molar-refractivity contribution in [2.45, 2.75) is 38.5 Å². The molecule has 1 aromatic rings. The van der Waals surface area contributed by atoms with E-state index in [-0.39, 0.29) is 0 Å². The lowest BCUT2D eigenvalue weighted by Crippen LogP contribution is -1.95. The molecule has 1 heteroatoms. The summed E-state index contributed by atoms with van der Waals surface area (Å²) in [6.07, 6.45) is 2.75. The normalized spacial score (nSPS) is 16.6. The smallest absolute Gasteiger partial charge is 0.0212 e. The van der Waals surface area contributed by atoms with E-state index in [4.69, 9.17) is 0 Å². The van der Waals surface area contributed by atoms with Gasteiger partial charge in [0.2, 0.25) is 0 Å². The van der Waals surface area contributed by atoms with Crippen LogP contribution in [0, 0.1) is 0 Å². The molecule has 1 saturated carbocycles. The number of halogens is 1. The highest BCUT2D eigenvalue weighted by Crippen LogP contribution is 2.46. The molecule has 1 aliphatic rings. The Morgan fingerprint density at radius 3 is 2.54 bits per heavy atom. The Labute approximate surface area is 88.5 Å². The van der Waals surface area contributed by atoms with Crippen molar-refractivity contribution in [3.05, 3.63) is 33.8 Å². The van der Waals surface area contributed by atoms with Gasteiger partial charge in [-0.3, -0.25) is 0 Å². The lowest BCUT2D eigenvalue weighted by Gasteiger charge is -2.13. The number of rotatable bonds is 2. The van der Waals surface area contributed by atoms with Gasteiger partial charge in [0.25, 0.3) is 0 Å². The van der Waals surface area contributed by atoms with Crippen LogP contribution < -0.4 is 0 Å². The van der Waals surface area contributed by atoms with Crippen molar-refractivity contribution in [3.8, 4) is 0 Å². The van der Waals surface area contributed by atoms with Crippen LogP contribution in [0.4, 0.5) is 0 Å². The Morgan fingerprint density at radius 2 is 2.00 bits per heavy atom. The van der Waals surface area contributed by atoms with E-state index in [1.807, 2.05) is 0 Å². The highest BCUT2D eigenvalue weighted by molar-refractivity contribution is 9.10. The van der Waals surface area contributed by atoms with Gasteiger partial charge in [-0.25, -0.2) is 0 Å². The third kappa shape index (κ3) is 1.80. The third-order valence-corrected chi connectivity index (χ3v) is 3.39. The molecule has 0 radical (unpaired) electrons. The summed E-state index contributed by atoms with van der Waals surface area (Å²) in [6.45, 7) is 4.54. The molecule has 0 N–H and O–H groups in total. The van der Waals surface area contributed by atoms with Gasteiger partial charge in [0.15, 0.2) is 0 Å². The predicted octanol–water partition coefficient (Wildman–Crippen LogP) is 4.45. The average Bonchev–Trinajstić information content (AvgIpc) is 2.86. The molecule has 0 spiro atoms. The van der Waals surface area contributed by atoms with Crippen molar-refractivity contribution >= 4 is 15.9 Å². The minimum Gasteiger partial charge on any atom is -0.0608 e. The van der Waals surface area contributed by atoms with Crippen molar-refractivity contribution in [1.82, 2.24) is 0 Å². The van der Waals surface area contributed by atoms with Gasteiger partial charge in [0.1, 0.15) is 0 Å². The van der Waals surface area contributed by atoms with Gasteiger partial charge in [-0.05, 0) is 41.9 Å². The van der Waals surface area contributed by atoms with Crippen LogP contribution in [0.3, 0.4) is 0 Å². The van der Waals surface area contributed by atoms with Crippen molar-refractivity contribution in [3.63, 3.8) is 0 Å². The largest absolute Gasteiger partial charge is 0.0608 e. The molecule has 0 aromatic heterocycles. The topological polar surface area (TPSA) is 0 Å². The summed E-state index contributed by atoms with van der Waals surface area (Å²) in [5.41, 5.74) is 3.09. The Hall–Kier alpha value is -0.300. The Balaban J connectivity index is 2.47. The van der Waals surface area contributed by atoms with Crippen molar-refractivity contribution in [2.24, 2.45) is 0 Å². The van der Waals surface area contributed by atoms with Gasteiger partial charge in [0, 0.05) is 4.47 Å². The molecule has 0 bridgehead atoms. The zero-order valence-corrected chi connectivity index (χ0v) is 9.76. The summed E-state index contributed by atoms with van der Waals surface area (Å²) in [5.74, 6) is 1.49. The molecule has 1 aliphatic carbocycles. The zero-order valence-electron chi connectivity index (χ0n) is 8.18. The second-order valence-electron chi connectivity index (χ2n) is 4.17. The van der Waals surface area contributed by atoms with Crippen LogP contribution >= 0.6 is 15.9 Å². The molecule has 0 aliphatic heterocycles. The van der Waals surface area contributed by atoms with Crippen molar-refractivity contribution in [2.75, 3.05) is 0 Å². The molecule has 2 rings (SSSR count). The van der Waals surface area contributed by atoms with E-state index in [9.17, 15) is 0 Å². The van der Waals surface area contributed by atoms with E-state index >= 15 is 0 Å². The predicted molar refractivity (Wildman–Crippen MR) is 60.2 cm³/mol. The molecule has 0 amide bonds. The fraction of sp³-hybridized carbons (Fsp3) is 0.500. The van der Waals surface area contributed by atoms with E-state index in [0.717, 1.165) is 5.92 Å². The second-order valence-corrected chi connectivity index (χ2v) is 5.03. The van der Waals surface area contributed by atoms with E-state index in [1.54, 1.807) is 5.56 Å². The lowest BCUT2D eigenvalue weighted by molar-refractivity contribution is 0.839. The monoisotopic (exact) mass is 238 g/mol. The summed E-state index contributed by atoms with van der Waals surface area (Å²) in [4.78, 5) is 0. The van der Waals surface area contributed by atoms with Crippen LogP contribution in [0.25, 0.3) is 0 Å². The summed E-state index contributed by atoms with van der Waals surface area (Å²) in [6, 6.07) is 6.58. The molecule has 0 nitrogen and oxygen atoms in total. The SMILES string of the molecule is CC(C)c1cccc(Br)c1C1CC1. The summed E-state index contributed by atoms with van der Waals surface area (Å²) in [5, 5.41) is 0. The molecule has 0 atom stereocenters. The molecular weight excluding hydrogens is 224 g/mol. The maximum atomic E-state index is 3.66. The van der Waals surface area contributed by atoms with Gasteiger partial charge < -0.3 is 0 Å². The first-order chi connectivity index (χ1) is 6.20. The minimum absolute atomic E-state index is 0.646. The standard InChI is InChI=1S/C12H15Br/c1-8(2)10-4-3-5-11(13)12(10)9-6-7-9/h3-5,8-9H,6-7H2,1-2H3. The number of hydrogen-bond acceptors (Lipinski definition) is 0. The van der Waals surface area contributed by atoms with E-state index in [1.165, 1.54) is 22.9 Å². The summed E-state index contributed by atoms with van der Waals surface area (Å²) >= 11 is 3.66. The Bertz CT molecular complexity index is 311. The second kappa shape index (κ2) is 3.45. The maximum Gasteiger partial charge on any atom is 0.0212 e. The van der Waals surface area contributed by atoms with E-state index < -0.39 is 0 Å². The third-order valence-electron chi connectivity index (χ3n) is 2.69. The van der Waals surface area contributed by atoms with Gasteiger partial charge in [-0.15, -0.1) is 0 Å². The Kier molecular flexibility index (Phi) is 2.46. The first-order valence-corrected chi connectivity index (χ1v) is 5.77. The van der Waals surface area contributed by atoms with Crippen LogP contribution in [-0.4, -0.2) is 0 Å². The van der Waals surface area contributed by atoms with Crippen molar-refractivity contribution < 1.29 is 0 Å². The van der Waals surface area contributed by atoms with Crippen LogP contribution in [0.5, 0.6) is 0 Å². The average molecular weight is 239 g/mol. The molecular formula is C12H15Br. The van der Waals surface area contributed by atoms with Gasteiger partial charge in [-0.2, -0.15) is 0 Å². The highest BCUT2D eigenvalue weighted by Gasteiger charge is 2.28. The van der Waals surface area contributed by atoms with Crippen LogP contribution in [0.1, 0.15) is 49.7 Å². The molecule has 0 saturated heterocycles. The highest BCUT2D eigenvalue weighted by atomic mass is 79.9. The fourth-order valence-electron chi connectivity index (χ4n) is 1.86. The van der Waals surface area contributed by atoms with Gasteiger partial charge in [0.05, 0.1) is 0 Å². The number of hydrogen-bond donors (Lipinski definition) is 0. The van der Waals surface area contributed by atoms with E-state index in [2.05, 4.69) is 48.0 Å². The van der Waals surface area contributed by atoms with Crippen molar-refractivity contribution in [1.29, 1.82) is 0 Å². The zero-order chi connectivity index (χ0) is 9.42. The van der Waals surface area contributed by atoms with Gasteiger partial charge in [-0.1, -0.05) is 41.9 Å². The van der Waals surface area contributed by atoms with Gasteiger partial charge >= 0.3 is 0 Å². The lowest BCUT2D eigenvalue weighted by atomic mass is 9.95. The molecule has 0 unspecified atom stereocenters. The van der Waals surface area contributed by atoms with Crippen LogP contribution in [0.15, 0.2) is 22.7 Å². The van der Waals surface area contributed by atoms with Crippen LogP contribution in [-0.2, 0) is 0 Å². The molecule has 70 valence electrons. The first kappa shape index (κ1) is 9.26. The number of benzene rings is 1. The molecule has 13 heavy (non-hydrogen) atoms. The molecule has 1 fully saturated rings. The Morgan fingerprint density at radius 1 is 1.31 bits per heavy atom. The fourth-order valence-corrected chi connectivity index (χ4v) is 2.57. The minimum atomic E-state index is 0.646.